The lowest BCUT2D eigenvalue weighted by Crippen LogP contribution is -2.31. The maximum atomic E-state index is 12.0. The van der Waals surface area contributed by atoms with E-state index in [0.29, 0.717) is 10.7 Å². The van der Waals surface area contributed by atoms with Crippen molar-refractivity contribution in [2.75, 3.05) is 11.6 Å². The number of anilines is 1. The van der Waals surface area contributed by atoms with Crippen LogP contribution in [0.5, 0.6) is 0 Å². The number of hydrogen-bond acceptors (Lipinski definition) is 3. The van der Waals surface area contributed by atoms with Crippen molar-refractivity contribution < 1.29 is 13.2 Å². The molecule has 7 heteroatoms. The normalized spacial score (nSPS) is 12.5. The van der Waals surface area contributed by atoms with E-state index in [4.69, 9.17) is 11.6 Å². The maximum absolute atomic E-state index is 12.0. The third-order valence-electron chi connectivity index (χ3n) is 3.24. The Balaban J connectivity index is 2.01. The first kappa shape index (κ1) is 17.3. The number of halogens is 1. The first-order valence-corrected chi connectivity index (χ1v) is 9.16. The van der Waals surface area contributed by atoms with Crippen molar-refractivity contribution in [1.82, 2.24) is 5.32 Å². The van der Waals surface area contributed by atoms with Gasteiger partial charge in [-0.2, -0.15) is 0 Å². The standard InChI is InChI=1S/C16H17ClN2O3S/c1-11(12-6-8-15(9-7-12)23(2,21)22)18-16(20)19-14-5-3-4-13(17)10-14/h3-11H,1-2H3,(H2,18,19,20)/t11-/m1/s1. The van der Waals surface area contributed by atoms with Crippen molar-refractivity contribution in [3.05, 3.63) is 59.1 Å². The van der Waals surface area contributed by atoms with Crippen molar-refractivity contribution in [1.29, 1.82) is 0 Å². The number of carbonyl (C=O) groups is 1. The van der Waals surface area contributed by atoms with E-state index in [9.17, 15) is 13.2 Å². The topological polar surface area (TPSA) is 75.3 Å². The summed E-state index contributed by atoms with van der Waals surface area (Å²) in [5.74, 6) is 0. The SMILES string of the molecule is C[C@@H](NC(=O)Nc1cccc(Cl)c1)c1ccc(S(C)(=O)=O)cc1. The van der Waals surface area contributed by atoms with E-state index >= 15 is 0 Å². The molecule has 0 fully saturated rings. The zero-order valence-electron chi connectivity index (χ0n) is 12.7. The highest BCUT2D eigenvalue weighted by atomic mass is 35.5. The van der Waals surface area contributed by atoms with E-state index in [0.717, 1.165) is 11.8 Å². The number of carbonyl (C=O) groups excluding carboxylic acids is 1. The quantitative estimate of drug-likeness (QED) is 0.882. The minimum absolute atomic E-state index is 0.247. The summed E-state index contributed by atoms with van der Waals surface area (Å²) >= 11 is 5.86. The summed E-state index contributed by atoms with van der Waals surface area (Å²) in [5.41, 5.74) is 1.40. The van der Waals surface area contributed by atoms with E-state index in [1.54, 1.807) is 36.4 Å². The molecule has 0 saturated heterocycles. The van der Waals surface area contributed by atoms with Crippen molar-refractivity contribution in [2.24, 2.45) is 0 Å². The third-order valence-corrected chi connectivity index (χ3v) is 4.60. The highest BCUT2D eigenvalue weighted by Crippen LogP contribution is 2.17. The van der Waals surface area contributed by atoms with Crippen LogP contribution in [0.15, 0.2) is 53.4 Å². The largest absolute Gasteiger partial charge is 0.331 e. The lowest BCUT2D eigenvalue weighted by Gasteiger charge is -2.15. The first-order valence-electron chi connectivity index (χ1n) is 6.89. The minimum Gasteiger partial charge on any atom is -0.331 e. The number of rotatable bonds is 4. The lowest BCUT2D eigenvalue weighted by atomic mass is 10.1. The zero-order chi connectivity index (χ0) is 17.0. The van der Waals surface area contributed by atoms with Crippen LogP contribution in [0.4, 0.5) is 10.5 Å². The van der Waals surface area contributed by atoms with Gasteiger partial charge in [0.15, 0.2) is 9.84 Å². The predicted octanol–water partition coefficient (Wildman–Crippen LogP) is 3.63. The number of benzene rings is 2. The van der Waals surface area contributed by atoms with Gasteiger partial charge in [-0.1, -0.05) is 29.8 Å². The van der Waals surface area contributed by atoms with Gasteiger partial charge in [-0.3, -0.25) is 0 Å². The fourth-order valence-electron chi connectivity index (χ4n) is 2.02. The van der Waals surface area contributed by atoms with Gasteiger partial charge in [-0.05, 0) is 42.8 Å². The van der Waals surface area contributed by atoms with Crippen LogP contribution >= 0.6 is 11.6 Å². The van der Waals surface area contributed by atoms with Crippen molar-refractivity contribution in [2.45, 2.75) is 17.9 Å². The van der Waals surface area contributed by atoms with Crippen molar-refractivity contribution in [3.8, 4) is 0 Å². The minimum atomic E-state index is -3.23. The molecule has 23 heavy (non-hydrogen) atoms. The molecule has 0 aromatic heterocycles. The maximum Gasteiger partial charge on any atom is 0.319 e. The van der Waals surface area contributed by atoms with Crippen molar-refractivity contribution >= 4 is 33.2 Å². The van der Waals surface area contributed by atoms with Gasteiger partial charge in [0.2, 0.25) is 0 Å². The van der Waals surface area contributed by atoms with Gasteiger partial charge in [0.05, 0.1) is 10.9 Å². The Bertz CT molecular complexity index is 804. The summed E-state index contributed by atoms with van der Waals surface area (Å²) in [5, 5.41) is 6.00. The Labute approximate surface area is 140 Å². The highest BCUT2D eigenvalue weighted by Gasteiger charge is 2.12. The van der Waals surface area contributed by atoms with Crippen LogP contribution in [0.2, 0.25) is 5.02 Å². The number of nitrogens with one attached hydrogen (secondary N) is 2. The Morgan fingerprint density at radius 1 is 1.13 bits per heavy atom. The molecule has 5 nitrogen and oxygen atoms in total. The molecule has 0 radical (unpaired) electrons. The molecule has 2 amide bonds. The average molecular weight is 353 g/mol. The van der Waals surface area contributed by atoms with Gasteiger partial charge in [-0.15, -0.1) is 0 Å². The van der Waals surface area contributed by atoms with Gasteiger partial charge in [0, 0.05) is 17.0 Å². The Kier molecular flexibility index (Phi) is 5.28. The highest BCUT2D eigenvalue weighted by molar-refractivity contribution is 7.90. The van der Waals surface area contributed by atoms with Gasteiger partial charge >= 0.3 is 6.03 Å². The fourth-order valence-corrected chi connectivity index (χ4v) is 2.84. The van der Waals surface area contributed by atoms with Crippen LogP contribution in [-0.2, 0) is 9.84 Å². The molecule has 0 spiro atoms. The number of amides is 2. The molecule has 0 bridgehead atoms. The first-order chi connectivity index (χ1) is 10.8. The van der Waals surface area contributed by atoms with Gasteiger partial charge < -0.3 is 10.6 Å². The van der Waals surface area contributed by atoms with E-state index in [1.165, 1.54) is 12.1 Å². The van der Waals surface area contributed by atoms with Gasteiger partial charge in [0.1, 0.15) is 0 Å². The average Bonchev–Trinajstić information content (AvgIpc) is 2.46. The molecular formula is C16H17ClN2O3S. The van der Waals surface area contributed by atoms with Crippen LogP contribution in [0.3, 0.4) is 0 Å². The van der Waals surface area contributed by atoms with E-state index in [2.05, 4.69) is 10.6 Å². The van der Waals surface area contributed by atoms with Crippen LogP contribution in [0.25, 0.3) is 0 Å². The van der Waals surface area contributed by atoms with E-state index < -0.39 is 9.84 Å². The van der Waals surface area contributed by atoms with Crippen LogP contribution in [0, 0.1) is 0 Å². The summed E-state index contributed by atoms with van der Waals surface area (Å²) in [6.07, 6.45) is 1.15. The van der Waals surface area contributed by atoms with Crippen LogP contribution in [0.1, 0.15) is 18.5 Å². The second-order valence-electron chi connectivity index (χ2n) is 5.17. The zero-order valence-corrected chi connectivity index (χ0v) is 14.3. The number of hydrogen-bond donors (Lipinski definition) is 2. The molecule has 0 aliphatic rings. The smallest absolute Gasteiger partial charge is 0.319 e. The van der Waals surface area contributed by atoms with E-state index in [1.807, 2.05) is 6.92 Å². The Morgan fingerprint density at radius 3 is 2.35 bits per heavy atom. The summed E-state index contributed by atoms with van der Waals surface area (Å²) < 4.78 is 22.9. The monoisotopic (exact) mass is 352 g/mol. The van der Waals surface area contributed by atoms with Crippen LogP contribution in [-0.4, -0.2) is 20.7 Å². The summed E-state index contributed by atoms with van der Waals surface area (Å²) in [7, 11) is -3.23. The molecule has 0 aliphatic carbocycles. The third kappa shape index (κ3) is 4.97. The summed E-state index contributed by atoms with van der Waals surface area (Å²) in [4.78, 5) is 12.2. The van der Waals surface area contributed by atoms with Crippen molar-refractivity contribution in [3.63, 3.8) is 0 Å². The second-order valence-corrected chi connectivity index (χ2v) is 7.62. The molecule has 1 atom stereocenters. The van der Waals surface area contributed by atoms with Crippen LogP contribution < -0.4 is 10.6 Å². The molecule has 2 N–H and O–H groups in total. The van der Waals surface area contributed by atoms with Gasteiger partial charge in [-0.25, -0.2) is 13.2 Å². The number of urea groups is 1. The van der Waals surface area contributed by atoms with E-state index in [-0.39, 0.29) is 17.0 Å². The van der Waals surface area contributed by atoms with Gasteiger partial charge in [0.25, 0.3) is 0 Å². The molecule has 2 aromatic carbocycles. The second kappa shape index (κ2) is 7.02. The predicted molar refractivity (Wildman–Crippen MR) is 91.6 cm³/mol. The summed E-state index contributed by atoms with van der Waals surface area (Å²) in [6.45, 7) is 1.81. The molecule has 0 heterocycles. The fraction of sp³-hybridized carbons (Fsp3) is 0.188. The Hall–Kier alpha value is -2.05. The Morgan fingerprint density at radius 2 is 1.78 bits per heavy atom. The molecule has 2 rings (SSSR count). The molecule has 122 valence electrons. The molecule has 0 unspecified atom stereocenters. The number of sulfone groups is 1. The lowest BCUT2D eigenvalue weighted by molar-refractivity contribution is 0.249. The molecule has 0 aliphatic heterocycles. The summed E-state index contributed by atoms with van der Waals surface area (Å²) in [6, 6.07) is 12.6. The molecule has 2 aromatic rings. The molecule has 0 saturated carbocycles. The molecular weight excluding hydrogens is 336 g/mol.